The first-order chi connectivity index (χ1) is 11.4. The number of carbonyl (C=O) groups is 1. The van der Waals surface area contributed by atoms with Crippen LogP contribution in [-0.4, -0.2) is 56.8 Å². The van der Waals surface area contributed by atoms with Crippen molar-refractivity contribution in [2.75, 3.05) is 33.3 Å². The predicted molar refractivity (Wildman–Crippen MR) is 92.5 cm³/mol. The monoisotopic (exact) mass is 354 g/mol. The van der Waals surface area contributed by atoms with E-state index < -0.39 is 10.0 Å². The van der Waals surface area contributed by atoms with E-state index >= 15 is 0 Å². The van der Waals surface area contributed by atoms with Crippen molar-refractivity contribution in [1.82, 2.24) is 9.21 Å². The van der Waals surface area contributed by atoms with Crippen molar-refractivity contribution >= 4 is 15.9 Å². The Bertz CT molecular complexity index is 643. The Morgan fingerprint density at radius 1 is 1.04 bits per heavy atom. The molecule has 1 saturated heterocycles. The van der Waals surface area contributed by atoms with E-state index in [1.54, 1.807) is 24.1 Å². The van der Waals surface area contributed by atoms with Gasteiger partial charge in [0.2, 0.25) is 15.9 Å². The molecule has 1 heterocycles. The molecule has 1 aromatic carbocycles. The lowest BCUT2D eigenvalue weighted by Gasteiger charge is -2.26. The summed E-state index contributed by atoms with van der Waals surface area (Å²) in [6, 6.07) is 6.36. The molecule has 1 aromatic rings. The first kappa shape index (κ1) is 18.7. The SMILES string of the molecule is CCOc1ccc(S(=O)(=O)N2CCCCCCN(C)C(=O)C2)cc1. The van der Waals surface area contributed by atoms with Crippen LogP contribution in [0.25, 0.3) is 0 Å². The fraction of sp³-hybridized carbons (Fsp3) is 0.588. The second-order valence-corrected chi connectivity index (χ2v) is 7.91. The maximum absolute atomic E-state index is 12.9. The molecule has 134 valence electrons. The van der Waals surface area contributed by atoms with Crippen molar-refractivity contribution in [2.24, 2.45) is 0 Å². The summed E-state index contributed by atoms with van der Waals surface area (Å²) in [5.41, 5.74) is 0. The van der Waals surface area contributed by atoms with Gasteiger partial charge in [0.25, 0.3) is 0 Å². The van der Waals surface area contributed by atoms with Gasteiger partial charge in [-0.2, -0.15) is 4.31 Å². The fourth-order valence-electron chi connectivity index (χ4n) is 2.69. The molecule has 0 aromatic heterocycles. The van der Waals surface area contributed by atoms with Crippen molar-refractivity contribution in [1.29, 1.82) is 0 Å². The highest BCUT2D eigenvalue weighted by molar-refractivity contribution is 7.89. The number of hydrogen-bond donors (Lipinski definition) is 0. The summed E-state index contributed by atoms with van der Waals surface area (Å²) in [7, 11) is -1.96. The summed E-state index contributed by atoms with van der Waals surface area (Å²) in [6.45, 7) is 3.34. The van der Waals surface area contributed by atoms with E-state index in [0.717, 1.165) is 25.7 Å². The van der Waals surface area contributed by atoms with Crippen LogP contribution < -0.4 is 4.74 Å². The zero-order valence-electron chi connectivity index (χ0n) is 14.4. The molecule has 6 nitrogen and oxygen atoms in total. The summed E-state index contributed by atoms with van der Waals surface area (Å²) in [5, 5.41) is 0. The minimum atomic E-state index is -3.69. The standard InChI is InChI=1S/C17H26N2O4S/c1-3-23-15-8-10-16(11-9-15)24(21,22)19-13-7-5-4-6-12-18(2)17(20)14-19/h8-11H,3-7,12-14H2,1-2H3. The molecule has 7 heteroatoms. The maximum atomic E-state index is 12.9. The Balaban J connectivity index is 2.21. The van der Waals surface area contributed by atoms with E-state index in [1.807, 2.05) is 6.92 Å². The van der Waals surface area contributed by atoms with E-state index in [1.165, 1.54) is 16.4 Å². The number of hydrogen-bond acceptors (Lipinski definition) is 4. The lowest BCUT2D eigenvalue weighted by molar-refractivity contribution is -0.130. The average Bonchev–Trinajstić information content (AvgIpc) is 2.57. The van der Waals surface area contributed by atoms with Crippen LogP contribution in [-0.2, 0) is 14.8 Å². The largest absolute Gasteiger partial charge is 0.494 e. The Morgan fingerprint density at radius 2 is 1.67 bits per heavy atom. The zero-order chi connectivity index (χ0) is 17.6. The van der Waals surface area contributed by atoms with Crippen molar-refractivity contribution < 1.29 is 17.9 Å². The van der Waals surface area contributed by atoms with Crippen LogP contribution in [0.3, 0.4) is 0 Å². The lowest BCUT2D eigenvalue weighted by atomic mass is 10.2. The van der Waals surface area contributed by atoms with Gasteiger partial charge in [0, 0.05) is 20.1 Å². The van der Waals surface area contributed by atoms with E-state index in [4.69, 9.17) is 4.74 Å². The third kappa shape index (κ3) is 4.70. The lowest BCUT2D eigenvalue weighted by Crippen LogP contribution is -2.42. The van der Waals surface area contributed by atoms with E-state index in [0.29, 0.717) is 25.4 Å². The molecule has 1 aliphatic rings. The van der Waals surface area contributed by atoms with Crippen LogP contribution >= 0.6 is 0 Å². The molecule has 24 heavy (non-hydrogen) atoms. The maximum Gasteiger partial charge on any atom is 0.243 e. The molecule has 0 saturated carbocycles. The molecule has 0 unspecified atom stereocenters. The molecule has 0 aliphatic carbocycles. The molecule has 2 rings (SSSR count). The molecular weight excluding hydrogens is 328 g/mol. The number of nitrogens with zero attached hydrogens (tertiary/aromatic N) is 2. The normalized spacial score (nSPS) is 18.4. The summed E-state index contributed by atoms with van der Waals surface area (Å²) < 4.78 is 32.4. The number of ether oxygens (including phenoxy) is 1. The Kier molecular flexibility index (Phi) is 6.62. The van der Waals surface area contributed by atoms with Crippen molar-refractivity contribution in [3.05, 3.63) is 24.3 Å². The topological polar surface area (TPSA) is 66.9 Å². The van der Waals surface area contributed by atoms with Crippen molar-refractivity contribution in [3.63, 3.8) is 0 Å². The van der Waals surface area contributed by atoms with Gasteiger partial charge in [-0.05, 0) is 44.0 Å². The molecular formula is C17H26N2O4S. The predicted octanol–water partition coefficient (Wildman–Crippen LogP) is 2.11. The van der Waals surface area contributed by atoms with Gasteiger partial charge in [-0.1, -0.05) is 12.8 Å². The average molecular weight is 354 g/mol. The minimum Gasteiger partial charge on any atom is -0.494 e. The third-order valence-electron chi connectivity index (χ3n) is 4.16. The highest BCUT2D eigenvalue weighted by Gasteiger charge is 2.27. The Morgan fingerprint density at radius 3 is 2.29 bits per heavy atom. The highest BCUT2D eigenvalue weighted by Crippen LogP contribution is 2.21. The van der Waals surface area contributed by atoms with Crippen LogP contribution in [0.1, 0.15) is 32.6 Å². The number of carbonyl (C=O) groups excluding carboxylic acids is 1. The van der Waals surface area contributed by atoms with Gasteiger partial charge in [0.05, 0.1) is 18.0 Å². The van der Waals surface area contributed by atoms with E-state index in [9.17, 15) is 13.2 Å². The van der Waals surface area contributed by atoms with Gasteiger partial charge in [0.15, 0.2) is 0 Å². The molecule has 0 spiro atoms. The number of benzene rings is 1. The van der Waals surface area contributed by atoms with Gasteiger partial charge in [0.1, 0.15) is 5.75 Å². The van der Waals surface area contributed by atoms with Gasteiger partial charge in [-0.15, -0.1) is 0 Å². The number of sulfonamides is 1. The van der Waals surface area contributed by atoms with Gasteiger partial charge < -0.3 is 9.64 Å². The van der Waals surface area contributed by atoms with Crippen molar-refractivity contribution in [2.45, 2.75) is 37.5 Å². The second kappa shape index (κ2) is 8.48. The van der Waals surface area contributed by atoms with E-state index in [-0.39, 0.29) is 17.3 Å². The molecule has 0 radical (unpaired) electrons. The number of likely N-dealkylation sites (N-methyl/N-ethyl adjacent to an activating group) is 1. The molecule has 0 N–H and O–H groups in total. The minimum absolute atomic E-state index is 0.105. The third-order valence-corrected chi connectivity index (χ3v) is 6.02. The first-order valence-corrected chi connectivity index (χ1v) is 9.86. The van der Waals surface area contributed by atoms with Gasteiger partial charge in [-0.3, -0.25) is 4.79 Å². The van der Waals surface area contributed by atoms with Crippen LogP contribution in [0.5, 0.6) is 5.75 Å². The Hall–Kier alpha value is -1.60. The van der Waals surface area contributed by atoms with Crippen LogP contribution in [0.4, 0.5) is 0 Å². The molecule has 1 amide bonds. The number of amides is 1. The van der Waals surface area contributed by atoms with Gasteiger partial charge >= 0.3 is 0 Å². The molecule has 1 aliphatic heterocycles. The summed E-state index contributed by atoms with van der Waals surface area (Å²) >= 11 is 0. The first-order valence-electron chi connectivity index (χ1n) is 8.42. The summed E-state index contributed by atoms with van der Waals surface area (Å²) in [6.07, 6.45) is 3.72. The molecule has 0 bridgehead atoms. The fourth-order valence-corrected chi connectivity index (χ4v) is 4.12. The molecule has 1 fully saturated rings. The smallest absolute Gasteiger partial charge is 0.243 e. The van der Waals surface area contributed by atoms with Crippen molar-refractivity contribution in [3.8, 4) is 5.75 Å². The summed E-state index contributed by atoms with van der Waals surface area (Å²) in [5.74, 6) is 0.472. The number of rotatable bonds is 4. The Labute approximate surface area is 144 Å². The van der Waals surface area contributed by atoms with Crippen LogP contribution in [0, 0.1) is 0 Å². The van der Waals surface area contributed by atoms with Crippen LogP contribution in [0.15, 0.2) is 29.2 Å². The quantitative estimate of drug-likeness (QED) is 0.830. The zero-order valence-corrected chi connectivity index (χ0v) is 15.2. The highest BCUT2D eigenvalue weighted by atomic mass is 32.2. The van der Waals surface area contributed by atoms with E-state index in [2.05, 4.69) is 0 Å². The van der Waals surface area contributed by atoms with Crippen LogP contribution in [0.2, 0.25) is 0 Å². The van der Waals surface area contributed by atoms with Gasteiger partial charge in [-0.25, -0.2) is 8.42 Å². The second-order valence-electron chi connectivity index (χ2n) is 5.97. The molecule has 0 atom stereocenters. The summed E-state index contributed by atoms with van der Waals surface area (Å²) in [4.78, 5) is 14.1.